The molecule has 0 amide bonds. The average Bonchev–Trinajstić information content (AvgIpc) is 2.80. The summed E-state index contributed by atoms with van der Waals surface area (Å²) in [5, 5.41) is 15.0. The standard InChI is InChI=1S/C10H15N3O3/c1-10(2,3)12-6-8(13(14)15)9(11-12)16-7-4-5-7/h6-7H,4-5H2,1-3H3. The zero-order chi connectivity index (χ0) is 11.9. The maximum atomic E-state index is 10.8. The smallest absolute Gasteiger partial charge is 0.350 e. The molecule has 1 fully saturated rings. The van der Waals surface area contributed by atoms with Crippen LogP contribution in [0, 0.1) is 10.1 Å². The van der Waals surface area contributed by atoms with Crippen molar-refractivity contribution in [3.63, 3.8) is 0 Å². The summed E-state index contributed by atoms with van der Waals surface area (Å²) < 4.78 is 6.99. The summed E-state index contributed by atoms with van der Waals surface area (Å²) in [6.45, 7) is 5.81. The SMILES string of the molecule is CC(C)(C)n1cc([N+](=O)[O-])c(OC2CC2)n1. The Morgan fingerprint density at radius 2 is 2.19 bits per heavy atom. The van der Waals surface area contributed by atoms with Crippen LogP contribution in [0.4, 0.5) is 5.69 Å². The van der Waals surface area contributed by atoms with Crippen LogP contribution in [0.2, 0.25) is 0 Å². The Hall–Kier alpha value is -1.59. The Morgan fingerprint density at radius 3 is 2.62 bits per heavy atom. The summed E-state index contributed by atoms with van der Waals surface area (Å²) in [5.74, 6) is 0.141. The number of rotatable bonds is 3. The molecule has 1 aliphatic rings. The highest BCUT2D eigenvalue weighted by molar-refractivity contribution is 5.39. The number of hydrogen-bond donors (Lipinski definition) is 0. The molecule has 0 atom stereocenters. The van der Waals surface area contributed by atoms with E-state index >= 15 is 0 Å². The van der Waals surface area contributed by atoms with Gasteiger partial charge in [-0.2, -0.15) is 0 Å². The van der Waals surface area contributed by atoms with Gasteiger partial charge in [0.25, 0.3) is 0 Å². The minimum absolute atomic E-state index is 0.0539. The van der Waals surface area contributed by atoms with Crippen LogP contribution in [-0.2, 0) is 5.54 Å². The van der Waals surface area contributed by atoms with Gasteiger partial charge < -0.3 is 4.74 Å². The van der Waals surface area contributed by atoms with Crippen LogP contribution >= 0.6 is 0 Å². The molecule has 0 bridgehead atoms. The van der Waals surface area contributed by atoms with Crippen molar-refractivity contribution in [2.75, 3.05) is 0 Å². The van der Waals surface area contributed by atoms with Crippen LogP contribution in [0.25, 0.3) is 0 Å². The van der Waals surface area contributed by atoms with Crippen molar-refractivity contribution in [1.82, 2.24) is 9.78 Å². The van der Waals surface area contributed by atoms with Gasteiger partial charge in [0, 0.05) is 0 Å². The number of nitrogens with zero attached hydrogens (tertiary/aromatic N) is 3. The maximum Gasteiger partial charge on any atom is 0.350 e. The van der Waals surface area contributed by atoms with E-state index in [2.05, 4.69) is 5.10 Å². The third-order valence-electron chi connectivity index (χ3n) is 2.35. The van der Waals surface area contributed by atoms with Crippen LogP contribution in [0.5, 0.6) is 5.88 Å². The molecule has 1 saturated carbocycles. The molecule has 16 heavy (non-hydrogen) atoms. The number of nitro groups is 1. The molecule has 1 heterocycles. The van der Waals surface area contributed by atoms with Crippen LogP contribution in [0.15, 0.2) is 6.20 Å². The lowest BCUT2D eigenvalue weighted by molar-refractivity contribution is -0.386. The van der Waals surface area contributed by atoms with E-state index < -0.39 is 4.92 Å². The fourth-order valence-electron chi connectivity index (χ4n) is 1.25. The van der Waals surface area contributed by atoms with E-state index in [9.17, 15) is 10.1 Å². The normalized spacial score (nSPS) is 16.2. The summed E-state index contributed by atoms with van der Waals surface area (Å²) >= 11 is 0. The lowest BCUT2D eigenvalue weighted by atomic mass is 10.1. The van der Waals surface area contributed by atoms with E-state index in [1.165, 1.54) is 6.20 Å². The van der Waals surface area contributed by atoms with Gasteiger partial charge in [0.05, 0.1) is 10.5 Å². The van der Waals surface area contributed by atoms with Crippen molar-refractivity contribution in [2.24, 2.45) is 0 Å². The molecule has 0 aromatic carbocycles. The Bertz CT molecular complexity index is 415. The van der Waals surface area contributed by atoms with Crippen LogP contribution in [-0.4, -0.2) is 20.8 Å². The van der Waals surface area contributed by atoms with Crippen molar-refractivity contribution < 1.29 is 9.66 Å². The van der Waals surface area contributed by atoms with Gasteiger partial charge in [-0.05, 0) is 33.6 Å². The zero-order valence-corrected chi connectivity index (χ0v) is 9.64. The van der Waals surface area contributed by atoms with E-state index in [0.717, 1.165) is 12.8 Å². The van der Waals surface area contributed by atoms with Crippen LogP contribution < -0.4 is 4.74 Å². The molecule has 0 saturated heterocycles. The molecule has 88 valence electrons. The summed E-state index contributed by atoms with van der Waals surface area (Å²) in [6.07, 6.45) is 3.46. The van der Waals surface area contributed by atoms with Crippen molar-refractivity contribution >= 4 is 5.69 Å². The number of hydrogen-bond acceptors (Lipinski definition) is 4. The summed E-state index contributed by atoms with van der Waals surface area (Å²) in [6, 6.07) is 0. The highest BCUT2D eigenvalue weighted by Gasteiger charge is 2.31. The maximum absolute atomic E-state index is 10.8. The lowest BCUT2D eigenvalue weighted by Crippen LogP contribution is -2.22. The molecule has 1 aliphatic carbocycles. The van der Waals surface area contributed by atoms with Gasteiger partial charge in [0.15, 0.2) is 0 Å². The van der Waals surface area contributed by atoms with E-state index in [1.807, 2.05) is 20.8 Å². The van der Waals surface area contributed by atoms with Gasteiger partial charge >= 0.3 is 11.6 Å². The second kappa shape index (κ2) is 3.47. The average molecular weight is 225 g/mol. The van der Waals surface area contributed by atoms with Gasteiger partial charge in [0.2, 0.25) is 0 Å². The second-order valence-corrected chi connectivity index (χ2v) is 5.01. The summed E-state index contributed by atoms with van der Waals surface area (Å²) in [7, 11) is 0. The highest BCUT2D eigenvalue weighted by Crippen LogP contribution is 2.33. The molecule has 2 rings (SSSR count). The van der Waals surface area contributed by atoms with Crippen molar-refractivity contribution in [3.05, 3.63) is 16.3 Å². The van der Waals surface area contributed by atoms with Crippen molar-refractivity contribution in [3.8, 4) is 5.88 Å². The van der Waals surface area contributed by atoms with E-state index in [0.29, 0.717) is 0 Å². The number of ether oxygens (including phenoxy) is 1. The monoisotopic (exact) mass is 225 g/mol. The Labute approximate surface area is 93.4 Å². The van der Waals surface area contributed by atoms with Crippen LogP contribution in [0.3, 0.4) is 0 Å². The molecule has 0 unspecified atom stereocenters. The molecular formula is C10H15N3O3. The minimum Gasteiger partial charge on any atom is -0.468 e. The first-order chi connectivity index (χ1) is 7.38. The third kappa shape index (κ3) is 2.15. The highest BCUT2D eigenvalue weighted by atomic mass is 16.6. The topological polar surface area (TPSA) is 70.2 Å². The van der Waals surface area contributed by atoms with Crippen LogP contribution in [0.1, 0.15) is 33.6 Å². The predicted molar refractivity (Wildman–Crippen MR) is 57.5 cm³/mol. The van der Waals surface area contributed by atoms with Crippen molar-refractivity contribution in [1.29, 1.82) is 0 Å². The van der Waals surface area contributed by atoms with E-state index in [4.69, 9.17) is 4.74 Å². The van der Waals surface area contributed by atoms with Gasteiger partial charge in [-0.1, -0.05) is 0 Å². The largest absolute Gasteiger partial charge is 0.468 e. The first-order valence-corrected chi connectivity index (χ1v) is 5.29. The van der Waals surface area contributed by atoms with E-state index in [-0.39, 0.29) is 23.2 Å². The van der Waals surface area contributed by atoms with Gasteiger partial charge in [0.1, 0.15) is 12.3 Å². The molecule has 0 aliphatic heterocycles. The Kier molecular flexibility index (Phi) is 2.36. The third-order valence-corrected chi connectivity index (χ3v) is 2.35. The molecule has 0 spiro atoms. The molecule has 1 aromatic heterocycles. The van der Waals surface area contributed by atoms with Gasteiger partial charge in [-0.25, -0.2) is 0 Å². The predicted octanol–water partition coefficient (Wildman–Crippen LogP) is 2.09. The van der Waals surface area contributed by atoms with E-state index in [1.54, 1.807) is 4.68 Å². The quantitative estimate of drug-likeness (QED) is 0.583. The zero-order valence-electron chi connectivity index (χ0n) is 9.64. The Balaban J connectivity index is 2.32. The molecule has 6 nitrogen and oxygen atoms in total. The molecular weight excluding hydrogens is 210 g/mol. The fourth-order valence-corrected chi connectivity index (χ4v) is 1.25. The minimum atomic E-state index is -0.451. The van der Waals surface area contributed by atoms with Gasteiger partial charge in [-0.15, -0.1) is 5.10 Å². The summed E-state index contributed by atoms with van der Waals surface area (Å²) in [4.78, 5) is 10.4. The molecule has 0 N–H and O–H groups in total. The Morgan fingerprint density at radius 1 is 1.56 bits per heavy atom. The van der Waals surface area contributed by atoms with Gasteiger partial charge in [-0.3, -0.25) is 14.8 Å². The molecule has 0 radical (unpaired) electrons. The second-order valence-electron chi connectivity index (χ2n) is 5.01. The molecule has 1 aromatic rings. The fraction of sp³-hybridized carbons (Fsp3) is 0.700. The number of aromatic nitrogens is 2. The summed E-state index contributed by atoms with van der Waals surface area (Å²) in [5.41, 5.74) is -0.336. The lowest BCUT2D eigenvalue weighted by Gasteiger charge is -2.17. The first-order valence-electron chi connectivity index (χ1n) is 5.29. The molecule has 6 heteroatoms. The van der Waals surface area contributed by atoms with Crippen molar-refractivity contribution in [2.45, 2.75) is 45.3 Å². The first kappa shape index (κ1) is 10.9.